The molecular weight excluding hydrogens is 253 g/mol. The normalized spacial score (nSPS) is 12.4. The van der Waals surface area contributed by atoms with Crippen LogP contribution in [0.4, 0.5) is 4.39 Å². The van der Waals surface area contributed by atoms with Crippen molar-refractivity contribution in [2.75, 3.05) is 0 Å². The molecule has 2 aromatic rings. The molecule has 0 bridgehead atoms. The van der Waals surface area contributed by atoms with Gasteiger partial charge in [-0.15, -0.1) is 0 Å². The molecule has 4 heteroatoms. The Labute approximate surface area is 110 Å². The molecule has 1 aromatic carbocycles. The SMILES string of the molecule is Cc1ncccc1C(O)Cc1ccc(F)cc1Cl. The molecule has 0 spiro atoms. The monoisotopic (exact) mass is 265 g/mol. The van der Waals surface area contributed by atoms with Gasteiger partial charge in [-0.1, -0.05) is 23.7 Å². The standard InChI is InChI=1S/C14H13ClFNO/c1-9-12(3-2-6-17-9)14(18)7-10-4-5-11(16)8-13(10)15/h2-6,8,14,18H,7H2,1H3. The van der Waals surface area contributed by atoms with E-state index in [0.29, 0.717) is 17.0 Å². The third kappa shape index (κ3) is 2.86. The van der Waals surface area contributed by atoms with Crippen molar-refractivity contribution in [3.63, 3.8) is 0 Å². The van der Waals surface area contributed by atoms with Crippen LogP contribution in [0.3, 0.4) is 0 Å². The number of rotatable bonds is 3. The highest BCUT2D eigenvalue weighted by atomic mass is 35.5. The van der Waals surface area contributed by atoms with Gasteiger partial charge in [0.2, 0.25) is 0 Å². The molecule has 1 aromatic heterocycles. The number of aliphatic hydroxyl groups excluding tert-OH is 1. The Morgan fingerprint density at radius 3 is 2.83 bits per heavy atom. The minimum absolute atomic E-state index is 0.329. The fraction of sp³-hybridized carbons (Fsp3) is 0.214. The maximum Gasteiger partial charge on any atom is 0.124 e. The van der Waals surface area contributed by atoms with Gasteiger partial charge >= 0.3 is 0 Å². The molecule has 0 amide bonds. The molecular formula is C14H13ClFNO. The van der Waals surface area contributed by atoms with Gasteiger partial charge < -0.3 is 5.11 Å². The topological polar surface area (TPSA) is 33.1 Å². The summed E-state index contributed by atoms with van der Waals surface area (Å²) in [6.45, 7) is 1.84. The van der Waals surface area contributed by atoms with Crippen molar-refractivity contribution in [3.8, 4) is 0 Å². The molecule has 1 heterocycles. The minimum Gasteiger partial charge on any atom is -0.388 e. The molecule has 0 aliphatic carbocycles. The highest BCUT2D eigenvalue weighted by Gasteiger charge is 2.13. The molecule has 1 N–H and O–H groups in total. The van der Waals surface area contributed by atoms with Crippen molar-refractivity contribution in [2.24, 2.45) is 0 Å². The zero-order valence-electron chi connectivity index (χ0n) is 9.90. The van der Waals surface area contributed by atoms with Crippen LogP contribution in [0.2, 0.25) is 5.02 Å². The van der Waals surface area contributed by atoms with Gasteiger partial charge in [-0.05, 0) is 30.7 Å². The molecule has 2 nitrogen and oxygen atoms in total. The van der Waals surface area contributed by atoms with Gasteiger partial charge in [0.15, 0.2) is 0 Å². The molecule has 0 saturated carbocycles. The predicted molar refractivity (Wildman–Crippen MR) is 69.0 cm³/mol. The first kappa shape index (κ1) is 13.0. The third-order valence-electron chi connectivity index (χ3n) is 2.84. The first-order chi connectivity index (χ1) is 8.58. The quantitative estimate of drug-likeness (QED) is 0.922. The number of benzene rings is 1. The van der Waals surface area contributed by atoms with E-state index in [1.54, 1.807) is 18.3 Å². The van der Waals surface area contributed by atoms with Gasteiger partial charge in [0.05, 0.1) is 6.10 Å². The van der Waals surface area contributed by atoms with Crippen LogP contribution in [0.5, 0.6) is 0 Å². The van der Waals surface area contributed by atoms with Gasteiger partial charge in [0.1, 0.15) is 5.82 Å². The highest BCUT2D eigenvalue weighted by Crippen LogP contribution is 2.25. The van der Waals surface area contributed by atoms with Gasteiger partial charge in [0, 0.05) is 28.9 Å². The maximum atomic E-state index is 12.9. The number of hydrogen-bond acceptors (Lipinski definition) is 2. The van der Waals surface area contributed by atoms with E-state index in [9.17, 15) is 9.50 Å². The lowest BCUT2D eigenvalue weighted by molar-refractivity contribution is 0.177. The van der Waals surface area contributed by atoms with E-state index in [-0.39, 0.29) is 5.82 Å². The summed E-state index contributed by atoms with van der Waals surface area (Å²) in [4.78, 5) is 4.13. The van der Waals surface area contributed by atoms with Crippen molar-refractivity contribution < 1.29 is 9.50 Å². The molecule has 18 heavy (non-hydrogen) atoms. The molecule has 0 aliphatic heterocycles. The number of aliphatic hydroxyl groups is 1. The van der Waals surface area contributed by atoms with Crippen LogP contribution in [0, 0.1) is 12.7 Å². The zero-order valence-corrected chi connectivity index (χ0v) is 10.7. The maximum absolute atomic E-state index is 12.9. The smallest absolute Gasteiger partial charge is 0.124 e. The van der Waals surface area contributed by atoms with E-state index in [1.165, 1.54) is 12.1 Å². The summed E-state index contributed by atoms with van der Waals surface area (Å²) < 4.78 is 12.9. The van der Waals surface area contributed by atoms with E-state index in [4.69, 9.17) is 11.6 Å². The van der Waals surface area contributed by atoms with Crippen LogP contribution in [0.25, 0.3) is 0 Å². The molecule has 94 valence electrons. The van der Waals surface area contributed by atoms with E-state index in [1.807, 2.05) is 13.0 Å². The fourth-order valence-electron chi connectivity index (χ4n) is 1.85. The largest absolute Gasteiger partial charge is 0.388 e. The predicted octanol–water partition coefficient (Wildman–Crippen LogP) is 3.46. The Morgan fingerprint density at radius 1 is 1.39 bits per heavy atom. The molecule has 1 unspecified atom stereocenters. The van der Waals surface area contributed by atoms with Gasteiger partial charge in [0.25, 0.3) is 0 Å². The van der Waals surface area contributed by atoms with Crippen LogP contribution in [0.1, 0.15) is 22.9 Å². The van der Waals surface area contributed by atoms with E-state index >= 15 is 0 Å². The number of pyridine rings is 1. The number of nitrogens with zero attached hydrogens (tertiary/aromatic N) is 1. The van der Waals surface area contributed by atoms with Gasteiger partial charge in [-0.3, -0.25) is 4.98 Å². The van der Waals surface area contributed by atoms with Crippen molar-refractivity contribution in [2.45, 2.75) is 19.4 Å². The summed E-state index contributed by atoms with van der Waals surface area (Å²) in [5, 5.41) is 10.5. The lowest BCUT2D eigenvalue weighted by Gasteiger charge is -2.13. The molecule has 2 rings (SSSR count). The second-order valence-electron chi connectivity index (χ2n) is 4.13. The Hall–Kier alpha value is -1.45. The Morgan fingerprint density at radius 2 is 2.17 bits per heavy atom. The molecule has 1 atom stereocenters. The third-order valence-corrected chi connectivity index (χ3v) is 3.19. The van der Waals surface area contributed by atoms with Crippen LogP contribution in [-0.4, -0.2) is 10.1 Å². The summed E-state index contributed by atoms with van der Waals surface area (Å²) in [6, 6.07) is 7.78. The van der Waals surface area contributed by atoms with Crippen LogP contribution < -0.4 is 0 Å². The summed E-state index contributed by atoms with van der Waals surface area (Å²) in [7, 11) is 0. The van der Waals surface area contributed by atoms with Crippen LogP contribution >= 0.6 is 11.6 Å². The van der Waals surface area contributed by atoms with Crippen molar-refractivity contribution >= 4 is 11.6 Å². The van der Waals surface area contributed by atoms with Crippen molar-refractivity contribution in [3.05, 3.63) is 64.2 Å². The molecule has 0 radical (unpaired) electrons. The Bertz CT molecular complexity index is 559. The Kier molecular flexibility index (Phi) is 3.94. The Balaban J connectivity index is 2.21. The molecule has 0 aliphatic rings. The zero-order chi connectivity index (χ0) is 13.1. The van der Waals surface area contributed by atoms with Crippen LogP contribution in [0.15, 0.2) is 36.5 Å². The van der Waals surface area contributed by atoms with Gasteiger partial charge in [-0.2, -0.15) is 0 Å². The summed E-state index contributed by atoms with van der Waals surface area (Å²) in [5.74, 6) is -0.379. The minimum atomic E-state index is -0.693. The molecule has 0 fully saturated rings. The number of aromatic nitrogens is 1. The number of hydrogen-bond donors (Lipinski definition) is 1. The first-order valence-corrected chi connectivity index (χ1v) is 5.99. The lowest BCUT2D eigenvalue weighted by atomic mass is 10.0. The van der Waals surface area contributed by atoms with Crippen molar-refractivity contribution in [1.29, 1.82) is 0 Å². The summed E-state index contributed by atoms with van der Waals surface area (Å²) in [6.07, 6.45) is 1.32. The fourth-order valence-corrected chi connectivity index (χ4v) is 2.10. The second-order valence-corrected chi connectivity index (χ2v) is 4.54. The van der Waals surface area contributed by atoms with Crippen molar-refractivity contribution in [1.82, 2.24) is 4.98 Å². The average molecular weight is 266 g/mol. The number of halogens is 2. The second kappa shape index (κ2) is 5.46. The van der Waals surface area contributed by atoms with E-state index < -0.39 is 6.10 Å². The lowest BCUT2D eigenvalue weighted by Crippen LogP contribution is -2.05. The number of aryl methyl sites for hydroxylation is 1. The molecule has 0 saturated heterocycles. The van der Waals surface area contributed by atoms with Crippen LogP contribution in [-0.2, 0) is 6.42 Å². The average Bonchev–Trinajstić information content (AvgIpc) is 2.33. The van der Waals surface area contributed by atoms with Gasteiger partial charge in [-0.25, -0.2) is 4.39 Å². The van der Waals surface area contributed by atoms with E-state index in [0.717, 1.165) is 11.3 Å². The highest BCUT2D eigenvalue weighted by molar-refractivity contribution is 6.31. The first-order valence-electron chi connectivity index (χ1n) is 5.61. The summed E-state index contributed by atoms with van der Waals surface area (Å²) >= 11 is 5.93. The van der Waals surface area contributed by atoms with E-state index in [2.05, 4.69) is 4.98 Å². The summed E-state index contributed by atoms with van der Waals surface area (Å²) in [5.41, 5.74) is 2.26.